The lowest BCUT2D eigenvalue weighted by Gasteiger charge is -2.40. The standard InChI is InChI=1S/C24H32N6O/c1-18(2)22-25-11-13-30(22)19(3)24(31)29-16-14-28(15-17-29)21(20-8-6-5-7-9-20)23-26-10-12-27(23)4/h5-13,18-19,21H,14-17H2,1-4H3. The second-order valence-corrected chi connectivity index (χ2v) is 8.59. The van der Waals surface area contributed by atoms with Crippen LogP contribution in [0.4, 0.5) is 0 Å². The van der Waals surface area contributed by atoms with Crippen LogP contribution in [0.3, 0.4) is 0 Å². The molecule has 1 fully saturated rings. The van der Waals surface area contributed by atoms with Gasteiger partial charge in [-0.25, -0.2) is 9.97 Å². The Morgan fingerprint density at radius 1 is 0.903 bits per heavy atom. The van der Waals surface area contributed by atoms with Gasteiger partial charge in [-0.1, -0.05) is 44.2 Å². The Morgan fingerprint density at radius 3 is 2.16 bits per heavy atom. The summed E-state index contributed by atoms with van der Waals surface area (Å²) in [7, 11) is 2.04. The molecule has 3 heterocycles. The highest BCUT2D eigenvalue weighted by Crippen LogP contribution is 2.29. The molecule has 0 aliphatic carbocycles. The summed E-state index contributed by atoms with van der Waals surface area (Å²) >= 11 is 0. The number of carbonyl (C=O) groups is 1. The summed E-state index contributed by atoms with van der Waals surface area (Å²) in [6.07, 6.45) is 7.54. The third-order valence-electron chi connectivity index (χ3n) is 6.20. The van der Waals surface area contributed by atoms with Crippen molar-refractivity contribution in [2.45, 2.75) is 38.8 Å². The highest BCUT2D eigenvalue weighted by atomic mass is 16.2. The van der Waals surface area contributed by atoms with Gasteiger partial charge in [0.25, 0.3) is 0 Å². The SMILES string of the molecule is CC(C)c1nccn1C(C)C(=O)N1CCN(C(c2ccccc2)c2nccn2C)CC1. The number of hydrogen-bond donors (Lipinski definition) is 0. The second kappa shape index (κ2) is 9.06. The number of imidazole rings is 2. The van der Waals surface area contributed by atoms with Crippen LogP contribution in [0.25, 0.3) is 0 Å². The van der Waals surface area contributed by atoms with Crippen molar-refractivity contribution in [3.05, 3.63) is 72.3 Å². The van der Waals surface area contributed by atoms with E-state index in [4.69, 9.17) is 0 Å². The lowest BCUT2D eigenvalue weighted by Crippen LogP contribution is -2.51. The van der Waals surface area contributed by atoms with Gasteiger partial charge in [0.05, 0.1) is 6.04 Å². The van der Waals surface area contributed by atoms with Crippen LogP contribution in [0, 0.1) is 0 Å². The fraction of sp³-hybridized carbons (Fsp3) is 0.458. The van der Waals surface area contributed by atoms with Crippen molar-refractivity contribution in [1.82, 2.24) is 28.9 Å². The number of piperazine rings is 1. The van der Waals surface area contributed by atoms with Crippen LogP contribution in [0.15, 0.2) is 55.1 Å². The predicted octanol–water partition coefficient (Wildman–Crippen LogP) is 3.23. The molecular weight excluding hydrogens is 388 g/mol. The van der Waals surface area contributed by atoms with E-state index in [1.807, 2.05) is 48.1 Å². The molecule has 0 radical (unpaired) electrons. The van der Waals surface area contributed by atoms with E-state index in [0.29, 0.717) is 13.1 Å². The van der Waals surface area contributed by atoms with E-state index in [-0.39, 0.29) is 23.9 Å². The maximum atomic E-state index is 13.2. The fourth-order valence-corrected chi connectivity index (χ4v) is 4.48. The Hall–Kier alpha value is -2.93. The first-order chi connectivity index (χ1) is 15.0. The molecule has 3 aromatic rings. The minimum Gasteiger partial charge on any atom is -0.338 e. The second-order valence-electron chi connectivity index (χ2n) is 8.59. The zero-order valence-corrected chi connectivity index (χ0v) is 18.8. The number of rotatable bonds is 6. The van der Waals surface area contributed by atoms with Crippen LogP contribution in [-0.2, 0) is 11.8 Å². The monoisotopic (exact) mass is 420 g/mol. The van der Waals surface area contributed by atoms with Gasteiger partial charge in [-0.2, -0.15) is 0 Å². The van der Waals surface area contributed by atoms with E-state index in [9.17, 15) is 4.79 Å². The first-order valence-corrected chi connectivity index (χ1v) is 11.0. The van der Waals surface area contributed by atoms with Crippen molar-refractivity contribution >= 4 is 5.91 Å². The Balaban J connectivity index is 1.48. The van der Waals surface area contributed by atoms with Gasteiger partial charge in [0.15, 0.2) is 0 Å². The molecule has 4 rings (SSSR count). The Bertz CT molecular complexity index is 1000. The van der Waals surface area contributed by atoms with Gasteiger partial charge in [0.2, 0.25) is 5.91 Å². The maximum Gasteiger partial charge on any atom is 0.245 e. The van der Waals surface area contributed by atoms with Gasteiger partial charge in [0, 0.05) is 63.9 Å². The van der Waals surface area contributed by atoms with E-state index >= 15 is 0 Å². The summed E-state index contributed by atoms with van der Waals surface area (Å²) in [6.45, 7) is 9.23. The number of hydrogen-bond acceptors (Lipinski definition) is 4. The van der Waals surface area contributed by atoms with Gasteiger partial charge in [-0.3, -0.25) is 9.69 Å². The minimum atomic E-state index is -0.245. The van der Waals surface area contributed by atoms with Crippen molar-refractivity contribution in [1.29, 1.82) is 0 Å². The topological polar surface area (TPSA) is 59.2 Å². The van der Waals surface area contributed by atoms with Crippen molar-refractivity contribution < 1.29 is 4.79 Å². The molecule has 0 spiro atoms. The average molecular weight is 421 g/mol. The van der Waals surface area contributed by atoms with Crippen molar-refractivity contribution in [2.75, 3.05) is 26.2 Å². The van der Waals surface area contributed by atoms with Gasteiger partial charge >= 0.3 is 0 Å². The Kier molecular flexibility index (Phi) is 6.23. The molecule has 1 aliphatic heterocycles. The molecule has 7 nitrogen and oxygen atoms in total. The van der Waals surface area contributed by atoms with Crippen LogP contribution in [0.1, 0.15) is 56.0 Å². The van der Waals surface area contributed by atoms with E-state index in [2.05, 4.69) is 57.5 Å². The molecule has 2 atom stereocenters. The average Bonchev–Trinajstić information content (AvgIpc) is 3.44. The molecule has 2 aromatic heterocycles. The van der Waals surface area contributed by atoms with E-state index in [1.165, 1.54) is 5.56 Å². The molecule has 0 bridgehead atoms. The van der Waals surface area contributed by atoms with E-state index < -0.39 is 0 Å². The highest BCUT2D eigenvalue weighted by molar-refractivity contribution is 5.80. The molecule has 0 saturated carbocycles. The van der Waals surface area contributed by atoms with Crippen molar-refractivity contribution in [2.24, 2.45) is 7.05 Å². The molecule has 1 aliphatic rings. The molecule has 2 unspecified atom stereocenters. The van der Waals surface area contributed by atoms with Gasteiger partial charge in [-0.15, -0.1) is 0 Å². The fourth-order valence-electron chi connectivity index (χ4n) is 4.48. The van der Waals surface area contributed by atoms with Gasteiger partial charge in [-0.05, 0) is 12.5 Å². The molecule has 1 amide bonds. The number of nitrogens with zero attached hydrogens (tertiary/aromatic N) is 6. The Morgan fingerprint density at radius 2 is 1.55 bits per heavy atom. The van der Waals surface area contributed by atoms with Crippen molar-refractivity contribution in [3.8, 4) is 0 Å². The molecule has 164 valence electrons. The zero-order valence-electron chi connectivity index (χ0n) is 18.8. The number of aromatic nitrogens is 4. The third kappa shape index (κ3) is 4.28. The van der Waals surface area contributed by atoms with Gasteiger partial charge in [0.1, 0.15) is 17.7 Å². The van der Waals surface area contributed by atoms with Crippen LogP contribution in [0.5, 0.6) is 0 Å². The Labute approximate surface area is 184 Å². The summed E-state index contributed by atoms with van der Waals surface area (Å²) in [5.41, 5.74) is 1.23. The number of benzene rings is 1. The quantitative estimate of drug-likeness (QED) is 0.614. The molecular formula is C24H32N6O. The molecule has 0 N–H and O–H groups in total. The first kappa shape index (κ1) is 21.3. The van der Waals surface area contributed by atoms with E-state index in [0.717, 1.165) is 24.7 Å². The zero-order chi connectivity index (χ0) is 22.0. The smallest absolute Gasteiger partial charge is 0.245 e. The highest BCUT2D eigenvalue weighted by Gasteiger charge is 2.32. The van der Waals surface area contributed by atoms with Gasteiger partial charge < -0.3 is 14.0 Å². The summed E-state index contributed by atoms with van der Waals surface area (Å²) in [5.74, 6) is 2.43. The van der Waals surface area contributed by atoms with Crippen LogP contribution < -0.4 is 0 Å². The molecule has 7 heteroatoms. The minimum absolute atomic E-state index is 0.0806. The molecule has 1 saturated heterocycles. The summed E-state index contributed by atoms with van der Waals surface area (Å²) in [5, 5.41) is 0. The van der Waals surface area contributed by atoms with Crippen LogP contribution >= 0.6 is 0 Å². The molecule has 1 aromatic carbocycles. The third-order valence-corrected chi connectivity index (χ3v) is 6.20. The largest absolute Gasteiger partial charge is 0.338 e. The first-order valence-electron chi connectivity index (χ1n) is 11.0. The van der Waals surface area contributed by atoms with Crippen LogP contribution in [-0.4, -0.2) is 61.0 Å². The number of carbonyl (C=O) groups excluding carboxylic acids is 1. The summed E-state index contributed by atoms with van der Waals surface area (Å²) < 4.78 is 4.10. The summed E-state index contributed by atoms with van der Waals surface area (Å²) in [4.78, 5) is 26.8. The van der Waals surface area contributed by atoms with Crippen molar-refractivity contribution in [3.63, 3.8) is 0 Å². The molecule has 31 heavy (non-hydrogen) atoms. The number of aryl methyl sites for hydroxylation is 1. The normalized spacial score (nSPS) is 17.1. The lowest BCUT2D eigenvalue weighted by molar-refractivity contribution is -0.136. The predicted molar refractivity (Wildman–Crippen MR) is 121 cm³/mol. The van der Waals surface area contributed by atoms with E-state index in [1.54, 1.807) is 6.20 Å². The number of amides is 1. The maximum absolute atomic E-state index is 13.2. The van der Waals surface area contributed by atoms with Crippen LogP contribution in [0.2, 0.25) is 0 Å². The summed E-state index contributed by atoms with van der Waals surface area (Å²) in [6, 6.07) is 10.3. The lowest BCUT2D eigenvalue weighted by atomic mass is 10.0.